The number of amides is 1. The third-order valence-electron chi connectivity index (χ3n) is 5.23. The normalized spacial score (nSPS) is 14.5. The number of aryl methyl sites for hydroxylation is 1. The van der Waals surface area contributed by atoms with Crippen LogP contribution >= 0.6 is 23.2 Å². The van der Waals surface area contributed by atoms with Gasteiger partial charge in [-0.1, -0.05) is 23.2 Å². The number of anilines is 1. The lowest BCUT2D eigenvalue weighted by Gasteiger charge is -2.35. The molecule has 0 aliphatic carbocycles. The fourth-order valence-corrected chi connectivity index (χ4v) is 3.79. The Morgan fingerprint density at radius 3 is 2.34 bits per heavy atom. The van der Waals surface area contributed by atoms with Crippen LogP contribution in [0.15, 0.2) is 40.8 Å². The highest BCUT2D eigenvalue weighted by Crippen LogP contribution is 2.22. The zero-order valence-electron chi connectivity index (χ0n) is 16.4. The summed E-state index contributed by atoms with van der Waals surface area (Å²) in [6, 6.07) is 11.3. The Labute approximate surface area is 179 Å². The molecule has 1 amide bonds. The largest absolute Gasteiger partial charge is 0.454 e. The lowest BCUT2D eigenvalue weighted by molar-refractivity contribution is 0.0712. The number of carbonyl (C=O) groups is 1. The second kappa shape index (κ2) is 8.13. The SMILES string of the molecule is Cc1nn(Cc2ccc(C(=O)N3CCN(c4ccc(Cl)cc4)CC3)o2)c(C)c1Cl. The minimum absolute atomic E-state index is 0.0848. The number of furan rings is 1. The van der Waals surface area contributed by atoms with Crippen molar-refractivity contribution in [3.8, 4) is 0 Å². The van der Waals surface area contributed by atoms with Crippen molar-refractivity contribution in [1.82, 2.24) is 14.7 Å². The van der Waals surface area contributed by atoms with Gasteiger partial charge in [0.25, 0.3) is 5.91 Å². The van der Waals surface area contributed by atoms with Crippen LogP contribution in [0.25, 0.3) is 0 Å². The molecule has 1 aliphatic heterocycles. The number of hydrogen-bond acceptors (Lipinski definition) is 4. The molecule has 0 N–H and O–H groups in total. The summed E-state index contributed by atoms with van der Waals surface area (Å²) in [5, 5.41) is 5.79. The number of benzene rings is 1. The van der Waals surface area contributed by atoms with E-state index in [1.54, 1.807) is 10.7 Å². The molecule has 0 unspecified atom stereocenters. The van der Waals surface area contributed by atoms with Crippen LogP contribution in [0.1, 0.15) is 27.7 Å². The van der Waals surface area contributed by atoms with E-state index < -0.39 is 0 Å². The van der Waals surface area contributed by atoms with Gasteiger partial charge in [0, 0.05) is 36.9 Å². The maximum Gasteiger partial charge on any atom is 0.289 e. The lowest BCUT2D eigenvalue weighted by atomic mass is 10.2. The first-order chi connectivity index (χ1) is 13.9. The van der Waals surface area contributed by atoms with E-state index in [4.69, 9.17) is 27.6 Å². The number of aromatic nitrogens is 2. The van der Waals surface area contributed by atoms with Crippen molar-refractivity contribution in [2.45, 2.75) is 20.4 Å². The number of piperazine rings is 1. The van der Waals surface area contributed by atoms with E-state index >= 15 is 0 Å². The van der Waals surface area contributed by atoms with Crippen molar-refractivity contribution >= 4 is 34.8 Å². The summed E-state index contributed by atoms with van der Waals surface area (Å²) in [5.41, 5.74) is 2.78. The molecular formula is C21H22Cl2N4O2. The molecule has 1 fully saturated rings. The van der Waals surface area contributed by atoms with Crippen LogP contribution in [0.5, 0.6) is 0 Å². The van der Waals surface area contributed by atoms with Gasteiger partial charge in [-0.15, -0.1) is 0 Å². The first kappa shape index (κ1) is 19.9. The van der Waals surface area contributed by atoms with Gasteiger partial charge in [-0.05, 0) is 50.2 Å². The van der Waals surface area contributed by atoms with Crippen LogP contribution < -0.4 is 4.90 Å². The summed E-state index contributed by atoms with van der Waals surface area (Å²) in [6.45, 7) is 7.05. The molecule has 1 aromatic carbocycles. The topological polar surface area (TPSA) is 54.5 Å². The standard InChI is InChI=1S/C21H22Cl2N4O2/c1-14-20(23)15(2)27(24-14)13-18-7-8-19(29-18)21(28)26-11-9-25(10-12-26)17-5-3-16(22)4-6-17/h3-8H,9-13H2,1-2H3. The van der Waals surface area contributed by atoms with Crippen molar-refractivity contribution < 1.29 is 9.21 Å². The third-order valence-corrected chi connectivity index (χ3v) is 6.03. The Balaban J connectivity index is 1.38. The third kappa shape index (κ3) is 4.14. The van der Waals surface area contributed by atoms with E-state index in [-0.39, 0.29) is 5.91 Å². The van der Waals surface area contributed by atoms with E-state index in [1.807, 2.05) is 49.1 Å². The number of nitrogens with zero attached hydrogens (tertiary/aromatic N) is 4. The van der Waals surface area contributed by atoms with Gasteiger partial charge >= 0.3 is 0 Å². The fraction of sp³-hybridized carbons (Fsp3) is 0.333. The van der Waals surface area contributed by atoms with Gasteiger partial charge in [-0.2, -0.15) is 5.10 Å². The predicted octanol–water partition coefficient (Wildman–Crippen LogP) is 4.41. The molecule has 1 saturated heterocycles. The van der Waals surface area contributed by atoms with E-state index in [0.717, 1.165) is 35.2 Å². The number of hydrogen-bond donors (Lipinski definition) is 0. The zero-order valence-corrected chi connectivity index (χ0v) is 17.9. The number of halogens is 2. The number of rotatable bonds is 4. The second-order valence-electron chi connectivity index (χ2n) is 7.16. The average Bonchev–Trinajstić information content (AvgIpc) is 3.29. The van der Waals surface area contributed by atoms with Crippen molar-refractivity contribution in [3.63, 3.8) is 0 Å². The highest BCUT2D eigenvalue weighted by Gasteiger charge is 2.24. The van der Waals surface area contributed by atoms with Gasteiger partial charge in [-0.25, -0.2) is 0 Å². The quantitative estimate of drug-likeness (QED) is 0.612. The summed E-state index contributed by atoms with van der Waals surface area (Å²) in [4.78, 5) is 16.9. The Morgan fingerprint density at radius 2 is 1.72 bits per heavy atom. The lowest BCUT2D eigenvalue weighted by Crippen LogP contribution is -2.48. The zero-order chi connectivity index (χ0) is 20.5. The molecule has 6 nitrogen and oxygen atoms in total. The molecule has 0 atom stereocenters. The monoisotopic (exact) mass is 432 g/mol. The summed E-state index contributed by atoms with van der Waals surface area (Å²) in [6.07, 6.45) is 0. The Morgan fingerprint density at radius 1 is 1.03 bits per heavy atom. The van der Waals surface area contributed by atoms with Gasteiger partial charge in [0.2, 0.25) is 0 Å². The highest BCUT2D eigenvalue weighted by atomic mass is 35.5. The van der Waals surface area contributed by atoms with Gasteiger partial charge in [-0.3, -0.25) is 9.48 Å². The summed E-state index contributed by atoms with van der Waals surface area (Å²) in [7, 11) is 0. The van der Waals surface area contributed by atoms with E-state index in [0.29, 0.717) is 36.2 Å². The molecule has 3 aromatic rings. The number of carbonyl (C=O) groups excluding carboxylic acids is 1. The summed E-state index contributed by atoms with van der Waals surface area (Å²) >= 11 is 12.2. The Hall–Kier alpha value is -2.44. The van der Waals surface area contributed by atoms with Crippen LogP contribution in [0.2, 0.25) is 10.0 Å². The maximum atomic E-state index is 12.8. The molecule has 4 rings (SSSR count). The van der Waals surface area contributed by atoms with Crippen molar-refractivity contribution in [1.29, 1.82) is 0 Å². The highest BCUT2D eigenvalue weighted by molar-refractivity contribution is 6.31. The summed E-state index contributed by atoms with van der Waals surface area (Å²) in [5.74, 6) is 0.946. The maximum absolute atomic E-state index is 12.8. The van der Waals surface area contributed by atoms with Gasteiger partial charge < -0.3 is 14.2 Å². The van der Waals surface area contributed by atoms with Crippen LogP contribution in [0.3, 0.4) is 0 Å². The molecule has 0 radical (unpaired) electrons. The molecular weight excluding hydrogens is 411 g/mol. The molecule has 0 spiro atoms. The predicted molar refractivity (Wildman–Crippen MR) is 114 cm³/mol. The first-order valence-electron chi connectivity index (χ1n) is 9.50. The minimum Gasteiger partial charge on any atom is -0.454 e. The first-order valence-corrected chi connectivity index (χ1v) is 10.3. The average molecular weight is 433 g/mol. The van der Waals surface area contributed by atoms with Gasteiger partial charge in [0.15, 0.2) is 5.76 Å². The van der Waals surface area contributed by atoms with Crippen LogP contribution in [0, 0.1) is 13.8 Å². The van der Waals surface area contributed by atoms with Gasteiger partial charge in [0.1, 0.15) is 5.76 Å². The molecule has 2 aromatic heterocycles. The van der Waals surface area contributed by atoms with E-state index in [9.17, 15) is 4.79 Å². The smallest absolute Gasteiger partial charge is 0.289 e. The molecule has 1 aliphatic rings. The van der Waals surface area contributed by atoms with E-state index in [1.165, 1.54) is 0 Å². The molecule has 8 heteroatoms. The van der Waals surface area contributed by atoms with Crippen molar-refractivity contribution in [2.24, 2.45) is 0 Å². The van der Waals surface area contributed by atoms with Crippen molar-refractivity contribution in [3.05, 3.63) is 69.4 Å². The molecule has 29 heavy (non-hydrogen) atoms. The molecule has 0 saturated carbocycles. The second-order valence-corrected chi connectivity index (χ2v) is 7.98. The molecule has 152 valence electrons. The Kier molecular flexibility index (Phi) is 5.56. The molecule has 3 heterocycles. The molecule has 0 bridgehead atoms. The van der Waals surface area contributed by atoms with Crippen LogP contribution in [-0.2, 0) is 6.54 Å². The van der Waals surface area contributed by atoms with E-state index in [2.05, 4.69) is 10.00 Å². The summed E-state index contributed by atoms with van der Waals surface area (Å²) < 4.78 is 7.60. The fourth-order valence-electron chi connectivity index (χ4n) is 3.53. The Bertz CT molecular complexity index is 1020. The van der Waals surface area contributed by atoms with Crippen molar-refractivity contribution in [2.75, 3.05) is 31.1 Å². The van der Waals surface area contributed by atoms with Crippen LogP contribution in [0.4, 0.5) is 5.69 Å². The minimum atomic E-state index is -0.0848. The van der Waals surface area contributed by atoms with Crippen LogP contribution in [-0.4, -0.2) is 46.8 Å². The van der Waals surface area contributed by atoms with Gasteiger partial charge in [0.05, 0.1) is 23.0 Å².